The van der Waals surface area contributed by atoms with E-state index in [4.69, 9.17) is 0 Å². The van der Waals surface area contributed by atoms with E-state index in [-0.39, 0.29) is 17.6 Å². The molecule has 0 saturated carbocycles. The van der Waals surface area contributed by atoms with Gasteiger partial charge in [0, 0.05) is 30.1 Å². The van der Waals surface area contributed by atoms with Crippen molar-refractivity contribution in [2.75, 3.05) is 13.6 Å². The first-order valence-corrected chi connectivity index (χ1v) is 7.12. The summed E-state index contributed by atoms with van der Waals surface area (Å²) in [7, 11) is 1.91. The van der Waals surface area contributed by atoms with E-state index in [9.17, 15) is 9.18 Å². The van der Waals surface area contributed by atoms with Crippen molar-refractivity contribution in [2.45, 2.75) is 19.4 Å². The monoisotopic (exact) mass is 285 g/mol. The Morgan fingerprint density at radius 3 is 2.38 bits per heavy atom. The molecule has 0 radical (unpaired) electrons. The van der Waals surface area contributed by atoms with Crippen molar-refractivity contribution in [2.24, 2.45) is 0 Å². The Kier molecular flexibility index (Phi) is 5.23. The van der Waals surface area contributed by atoms with Crippen molar-refractivity contribution < 1.29 is 9.18 Å². The average Bonchev–Trinajstić information content (AvgIpc) is 2.53. The van der Waals surface area contributed by atoms with Gasteiger partial charge >= 0.3 is 0 Å². The van der Waals surface area contributed by atoms with Crippen LogP contribution in [0.4, 0.5) is 4.39 Å². The van der Waals surface area contributed by atoms with E-state index < -0.39 is 0 Å². The van der Waals surface area contributed by atoms with Crippen molar-refractivity contribution in [3.8, 4) is 0 Å². The maximum Gasteiger partial charge on any atom is 0.164 e. The summed E-state index contributed by atoms with van der Waals surface area (Å²) in [6.45, 7) is 2.55. The molecule has 1 atom stereocenters. The third-order valence-electron chi connectivity index (χ3n) is 3.80. The van der Waals surface area contributed by atoms with Gasteiger partial charge in [-0.2, -0.15) is 0 Å². The van der Waals surface area contributed by atoms with Gasteiger partial charge in [-0.25, -0.2) is 4.39 Å². The number of hydrogen-bond donors (Lipinski definition) is 0. The summed E-state index contributed by atoms with van der Waals surface area (Å²) >= 11 is 0. The molecule has 0 aliphatic rings. The van der Waals surface area contributed by atoms with Crippen LogP contribution in [-0.2, 0) is 0 Å². The lowest BCUT2D eigenvalue weighted by atomic mass is 10.1. The number of carbonyl (C=O) groups excluding carboxylic acids is 1. The zero-order valence-electron chi connectivity index (χ0n) is 12.4. The van der Waals surface area contributed by atoms with Crippen LogP contribution in [0.1, 0.15) is 35.3 Å². The van der Waals surface area contributed by atoms with E-state index in [0.29, 0.717) is 18.5 Å². The van der Waals surface area contributed by atoms with Gasteiger partial charge in [-0.1, -0.05) is 48.5 Å². The third-order valence-corrected chi connectivity index (χ3v) is 3.80. The Balaban J connectivity index is 1.94. The van der Waals surface area contributed by atoms with Crippen LogP contribution in [0.25, 0.3) is 0 Å². The van der Waals surface area contributed by atoms with E-state index in [1.807, 2.05) is 55.3 Å². The molecule has 0 fully saturated rings. The molecule has 2 aromatic carbocycles. The molecule has 0 spiro atoms. The first-order chi connectivity index (χ1) is 10.1. The fourth-order valence-electron chi connectivity index (χ4n) is 2.29. The topological polar surface area (TPSA) is 20.3 Å². The number of halogens is 1. The van der Waals surface area contributed by atoms with Gasteiger partial charge in [0.2, 0.25) is 0 Å². The highest BCUT2D eigenvalue weighted by Crippen LogP contribution is 2.21. The van der Waals surface area contributed by atoms with Gasteiger partial charge < -0.3 is 0 Å². The van der Waals surface area contributed by atoms with Gasteiger partial charge in [0.25, 0.3) is 0 Å². The van der Waals surface area contributed by atoms with Gasteiger partial charge in [-0.15, -0.1) is 0 Å². The zero-order valence-corrected chi connectivity index (χ0v) is 12.4. The molecule has 110 valence electrons. The number of Topliss-reactive ketones (excluding diaryl/α,β-unsaturated/α-hetero) is 1. The van der Waals surface area contributed by atoms with Crippen LogP contribution >= 0.6 is 0 Å². The predicted molar refractivity (Wildman–Crippen MR) is 82.8 cm³/mol. The predicted octanol–water partition coefficient (Wildman–Crippen LogP) is 4.09. The molecular weight excluding hydrogens is 265 g/mol. The molecule has 3 heteroatoms. The Labute approximate surface area is 125 Å². The maximum absolute atomic E-state index is 13.8. The molecule has 0 aliphatic carbocycles. The van der Waals surface area contributed by atoms with Gasteiger partial charge in [0.1, 0.15) is 5.82 Å². The quantitative estimate of drug-likeness (QED) is 0.745. The lowest BCUT2D eigenvalue weighted by molar-refractivity contribution is 0.0961. The van der Waals surface area contributed by atoms with Crippen molar-refractivity contribution in [3.05, 3.63) is 71.5 Å². The van der Waals surface area contributed by atoms with E-state index in [1.54, 1.807) is 12.1 Å². The van der Waals surface area contributed by atoms with Gasteiger partial charge in [-0.3, -0.25) is 9.69 Å². The van der Waals surface area contributed by atoms with Crippen LogP contribution < -0.4 is 0 Å². The number of carbonyl (C=O) groups is 1. The van der Waals surface area contributed by atoms with Crippen LogP contribution in [0.2, 0.25) is 0 Å². The Hall–Kier alpha value is -2.00. The number of ketones is 1. The van der Waals surface area contributed by atoms with Crippen LogP contribution in [0.15, 0.2) is 54.6 Å². The summed E-state index contributed by atoms with van der Waals surface area (Å²) in [6, 6.07) is 16.0. The van der Waals surface area contributed by atoms with Gasteiger partial charge in [0.15, 0.2) is 5.78 Å². The second-order valence-corrected chi connectivity index (χ2v) is 5.22. The second kappa shape index (κ2) is 7.14. The van der Waals surface area contributed by atoms with Crippen LogP contribution in [-0.4, -0.2) is 24.3 Å². The highest BCUT2D eigenvalue weighted by atomic mass is 19.1. The number of rotatable bonds is 6. The lowest BCUT2D eigenvalue weighted by Crippen LogP contribution is -2.26. The first-order valence-electron chi connectivity index (χ1n) is 7.12. The minimum Gasteiger partial charge on any atom is -0.299 e. The maximum atomic E-state index is 13.8. The average molecular weight is 285 g/mol. The van der Waals surface area contributed by atoms with Crippen molar-refractivity contribution in [1.29, 1.82) is 0 Å². The summed E-state index contributed by atoms with van der Waals surface area (Å²) in [4.78, 5) is 14.1. The molecule has 2 nitrogen and oxygen atoms in total. The minimum absolute atomic E-state index is 0.0604. The minimum atomic E-state index is -0.203. The van der Waals surface area contributed by atoms with Crippen LogP contribution in [0.3, 0.4) is 0 Å². The fraction of sp³-hybridized carbons (Fsp3) is 0.278. The van der Waals surface area contributed by atoms with Crippen molar-refractivity contribution >= 4 is 5.78 Å². The molecular formula is C18H20FNO. The molecule has 0 amide bonds. The highest BCUT2D eigenvalue weighted by Gasteiger charge is 2.16. The fourth-order valence-corrected chi connectivity index (χ4v) is 2.29. The summed E-state index contributed by atoms with van der Waals surface area (Å²) in [5, 5.41) is 0. The summed E-state index contributed by atoms with van der Waals surface area (Å²) in [5.74, 6) is -0.0885. The molecule has 0 heterocycles. The summed E-state index contributed by atoms with van der Waals surface area (Å²) in [5.41, 5.74) is 1.39. The van der Waals surface area contributed by atoms with Gasteiger partial charge in [-0.05, 0) is 20.0 Å². The molecule has 21 heavy (non-hydrogen) atoms. The summed E-state index contributed by atoms with van der Waals surface area (Å²) < 4.78 is 13.8. The molecule has 0 N–H and O–H groups in total. The lowest BCUT2D eigenvalue weighted by Gasteiger charge is -2.25. The smallest absolute Gasteiger partial charge is 0.164 e. The Morgan fingerprint density at radius 1 is 1.10 bits per heavy atom. The summed E-state index contributed by atoms with van der Waals surface area (Å²) in [6.07, 6.45) is 0.430. The standard InChI is InChI=1S/C18H20FNO/c1-14(16-10-6-7-11-17(16)19)20(2)13-12-18(21)15-8-4-3-5-9-15/h3-11,14H,12-13H2,1-2H3. The zero-order chi connectivity index (χ0) is 15.2. The number of nitrogens with zero attached hydrogens (tertiary/aromatic N) is 1. The SMILES string of the molecule is CC(c1ccccc1F)N(C)CCC(=O)c1ccccc1. The van der Waals surface area contributed by atoms with Crippen LogP contribution in [0.5, 0.6) is 0 Å². The molecule has 1 unspecified atom stereocenters. The molecule has 0 saturated heterocycles. The number of benzene rings is 2. The Morgan fingerprint density at radius 2 is 1.71 bits per heavy atom. The van der Waals surface area contributed by atoms with Gasteiger partial charge in [0.05, 0.1) is 0 Å². The van der Waals surface area contributed by atoms with E-state index >= 15 is 0 Å². The Bertz CT molecular complexity index is 597. The molecule has 0 aromatic heterocycles. The van der Waals surface area contributed by atoms with E-state index in [0.717, 1.165) is 5.56 Å². The molecule has 2 rings (SSSR count). The highest BCUT2D eigenvalue weighted by molar-refractivity contribution is 5.96. The normalized spacial score (nSPS) is 12.4. The van der Waals surface area contributed by atoms with E-state index in [2.05, 4.69) is 0 Å². The molecule has 2 aromatic rings. The first kappa shape index (κ1) is 15.4. The molecule has 0 bridgehead atoms. The number of hydrogen-bond acceptors (Lipinski definition) is 2. The second-order valence-electron chi connectivity index (χ2n) is 5.22. The van der Waals surface area contributed by atoms with Crippen molar-refractivity contribution in [1.82, 2.24) is 4.90 Å². The largest absolute Gasteiger partial charge is 0.299 e. The van der Waals surface area contributed by atoms with Crippen LogP contribution in [0, 0.1) is 5.82 Å². The third kappa shape index (κ3) is 3.99. The molecule has 0 aliphatic heterocycles. The van der Waals surface area contributed by atoms with E-state index in [1.165, 1.54) is 6.07 Å². The van der Waals surface area contributed by atoms with Crippen molar-refractivity contribution in [3.63, 3.8) is 0 Å².